The van der Waals surface area contributed by atoms with Crippen LogP contribution in [0.3, 0.4) is 0 Å². The van der Waals surface area contributed by atoms with Gasteiger partial charge in [-0.25, -0.2) is 0 Å². The lowest BCUT2D eigenvalue weighted by molar-refractivity contribution is -0.129. The van der Waals surface area contributed by atoms with Gasteiger partial charge in [-0.05, 0) is 49.4 Å². The second kappa shape index (κ2) is 6.04. The van der Waals surface area contributed by atoms with E-state index >= 15 is 0 Å². The van der Waals surface area contributed by atoms with Crippen LogP contribution in [0.15, 0.2) is 18.2 Å². The van der Waals surface area contributed by atoms with Gasteiger partial charge in [0.25, 0.3) is 0 Å². The van der Waals surface area contributed by atoms with E-state index < -0.39 is 0 Å². The van der Waals surface area contributed by atoms with Crippen LogP contribution < -0.4 is 14.8 Å². The molecule has 1 amide bonds. The third-order valence-electron chi connectivity index (χ3n) is 5.35. The Labute approximate surface area is 136 Å². The molecular formula is C18H24N2O3. The average molecular weight is 316 g/mol. The fourth-order valence-electron chi connectivity index (χ4n) is 4.20. The fraction of sp³-hybridized carbons (Fsp3) is 0.611. The lowest BCUT2D eigenvalue weighted by Crippen LogP contribution is -2.51. The van der Waals surface area contributed by atoms with Gasteiger partial charge in [-0.1, -0.05) is 0 Å². The molecule has 2 fully saturated rings. The number of carbonyl (C=O) groups is 1. The molecule has 0 bridgehead atoms. The molecule has 23 heavy (non-hydrogen) atoms. The molecule has 1 N–H and O–H groups in total. The number of nitrogens with one attached hydrogen (secondary N) is 1. The van der Waals surface area contributed by atoms with Gasteiger partial charge >= 0.3 is 0 Å². The number of rotatable bonds is 3. The van der Waals surface area contributed by atoms with Crippen molar-refractivity contribution >= 4 is 5.91 Å². The molecule has 3 heterocycles. The van der Waals surface area contributed by atoms with Crippen molar-refractivity contribution in [3.63, 3.8) is 0 Å². The minimum atomic E-state index is 0.259. The van der Waals surface area contributed by atoms with Crippen LogP contribution in [-0.4, -0.2) is 49.2 Å². The smallest absolute Gasteiger partial charge is 0.224 e. The summed E-state index contributed by atoms with van der Waals surface area (Å²) in [6.07, 6.45) is 5.06. The van der Waals surface area contributed by atoms with Crippen LogP contribution in [0, 0.1) is 0 Å². The van der Waals surface area contributed by atoms with Gasteiger partial charge in [-0.15, -0.1) is 0 Å². The SMILES string of the molecule is COc1ccc2c(c1)CC(NC1CC(=O)N3CCCCC13)CO2. The summed E-state index contributed by atoms with van der Waals surface area (Å²) < 4.78 is 11.2. The zero-order valence-electron chi connectivity index (χ0n) is 13.6. The van der Waals surface area contributed by atoms with Crippen LogP contribution in [0.25, 0.3) is 0 Å². The normalized spacial score (nSPS) is 29.7. The third kappa shape index (κ3) is 2.78. The summed E-state index contributed by atoms with van der Waals surface area (Å²) in [5.74, 6) is 2.12. The number of ether oxygens (including phenoxy) is 2. The van der Waals surface area contributed by atoms with Crippen LogP contribution in [0.1, 0.15) is 31.2 Å². The van der Waals surface area contributed by atoms with Gasteiger partial charge in [0.2, 0.25) is 5.91 Å². The molecule has 4 rings (SSSR count). The largest absolute Gasteiger partial charge is 0.497 e. The Bertz CT molecular complexity index is 604. The molecule has 1 aromatic rings. The lowest BCUT2D eigenvalue weighted by Gasteiger charge is -2.35. The molecule has 5 heteroatoms. The molecule has 5 nitrogen and oxygen atoms in total. The molecule has 0 aliphatic carbocycles. The number of methoxy groups -OCH3 is 1. The predicted molar refractivity (Wildman–Crippen MR) is 86.9 cm³/mol. The van der Waals surface area contributed by atoms with Gasteiger partial charge in [0.05, 0.1) is 7.11 Å². The van der Waals surface area contributed by atoms with Crippen molar-refractivity contribution in [1.29, 1.82) is 0 Å². The van der Waals surface area contributed by atoms with E-state index in [4.69, 9.17) is 9.47 Å². The van der Waals surface area contributed by atoms with E-state index in [9.17, 15) is 4.79 Å². The first kappa shape index (κ1) is 14.8. The van der Waals surface area contributed by atoms with Gasteiger partial charge in [0.15, 0.2) is 0 Å². The van der Waals surface area contributed by atoms with E-state index in [2.05, 4.69) is 16.3 Å². The highest BCUT2D eigenvalue weighted by Crippen LogP contribution is 2.31. The molecule has 0 saturated carbocycles. The van der Waals surface area contributed by atoms with Crippen molar-refractivity contribution < 1.29 is 14.3 Å². The maximum absolute atomic E-state index is 12.2. The molecule has 3 atom stereocenters. The van der Waals surface area contributed by atoms with E-state index in [1.807, 2.05) is 12.1 Å². The van der Waals surface area contributed by atoms with Crippen molar-refractivity contribution in [2.75, 3.05) is 20.3 Å². The van der Waals surface area contributed by atoms with Crippen molar-refractivity contribution in [3.8, 4) is 11.5 Å². The molecule has 124 valence electrons. The monoisotopic (exact) mass is 316 g/mol. The summed E-state index contributed by atoms with van der Waals surface area (Å²) >= 11 is 0. The van der Waals surface area contributed by atoms with Crippen molar-refractivity contribution in [2.45, 2.75) is 50.2 Å². The summed E-state index contributed by atoms with van der Waals surface area (Å²) in [5, 5.41) is 3.70. The first-order valence-electron chi connectivity index (χ1n) is 8.60. The molecule has 2 saturated heterocycles. The number of benzene rings is 1. The van der Waals surface area contributed by atoms with Gasteiger partial charge in [0.1, 0.15) is 18.1 Å². The third-order valence-corrected chi connectivity index (χ3v) is 5.35. The van der Waals surface area contributed by atoms with Gasteiger partial charge in [-0.3, -0.25) is 4.79 Å². The Hall–Kier alpha value is -1.75. The van der Waals surface area contributed by atoms with Crippen molar-refractivity contribution in [2.24, 2.45) is 0 Å². The maximum Gasteiger partial charge on any atom is 0.224 e. The highest BCUT2D eigenvalue weighted by Gasteiger charge is 2.41. The summed E-state index contributed by atoms with van der Waals surface area (Å²) in [6.45, 7) is 1.60. The molecule has 3 aliphatic heterocycles. The predicted octanol–water partition coefficient (Wildman–Crippen LogP) is 1.74. The average Bonchev–Trinajstić information content (AvgIpc) is 2.90. The number of nitrogens with zero attached hydrogens (tertiary/aromatic N) is 1. The topological polar surface area (TPSA) is 50.8 Å². The van der Waals surface area contributed by atoms with E-state index in [1.165, 1.54) is 12.0 Å². The molecule has 1 aromatic carbocycles. The fourth-order valence-corrected chi connectivity index (χ4v) is 4.20. The number of fused-ring (bicyclic) bond motifs is 2. The van der Waals surface area contributed by atoms with E-state index in [1.54, 1.807) is 7.11 Å². The standard InChI is InChI=1S/C18H24N2O3/c1-22-14-5-6-17-12(9-14)8-13(11-23-17)19-15-10-18(21)20-7-3-2-4-16(15)20/h5-6,9,13,15-16,19H,2-4,7-8,10-11H2,1H3. The second-order valence-electron chi connectivity index (χ2n) is 6.81. The van der Waals surface area contributed by atoms with Crippen LogP contribution in [-0.2, 0) is 11.2 Å². The molecule has 0 radical (unpaired) electrons. The minimum Gasteiger partial charge on any atom is -0.497 e. The van der Waals surface area contributed by atoms with Crippen LogP contribution >= 0.6 is 0 Å². The Kier molecular flexibility index (Phi) is 3.89. The number of hydrogen-bond donors (Lipinski definition) is 1. The molecule has 0 aromatic heterocycles. The maximum atomic E-state index is 12.2. The Balaban J connectivity index is 1.44. The zero-order valence-corrected chi connectivity index (χ0v) is 13.6. The first-order valence-corrected chi connectivity index (χ1v) is 8.60. The van der Waals surface area contributed by atoms with Gasteiger partial charge in [0, 0.05) is 31.1 Å². The Morgan fingerprint density at radius 2 is 2.22 bits per heavy atom. The molecule has 0 spiro atoms. The first-order chi connectivity index (χ1) is 11.2. The molecule has 3 aliphatic rings. The van der Waals surface area contributed by atoms with Gasteiger partial charge < -0.3 is 19.7 Å². The number of carbonyl (C=O) groups excluding carboxylic acids is 1. The summed E-state index contributed by atoms with van der Waals surface area (Å²) in [4.78, 5) is 14.3. The zero-order chi connectivity index (χ0) is 15.8. The number of hydrogen-bond acceptors (Lipinski definition) is 4. The highest BCUT2D eigenvalue weighted by atomic mass is 16.5. The van der Waals surface area contributed by atoms with Gasteiger partial charge in [-0.2, -0.15) is 0 Å². The van der Waals surface area contributed by atoms with Crippen LogP contribution in [0.4, 0.5) is 0 Å². The van der Waals surface area contributed by atoms with Crippen LogP contribution in [0.2, 0.25) is 0 Å². The number of amides is 1. The minimum absolute atomic E-state index is 0.259. The molecular weight excluding hydrogens is 292 g/mol. The summed E-state index contributed by atoms with van der Waals surface area (Å²) in [5.41, 5.74) is 1.18. The summed E-state index contributed by atoms with van der Waals surface area (Å²) in [6, 6.07) is 6.87. The number of piperidine rings is 1. The van der Waals surface area contributed by atoms with E-state index in [0.717, 1.165) is 37.3 Å². The van der Waals surface area contributed by atoms with Crippen LogP contribution in [0.5, 0.6) is 11.5 Å². The van der Waals surface area contributed by atoms with E-state index in [0.29, 0.717) is 25.0 Å². The lowest BCUT2D eigenvalue weighted by atomic mass is 9.96. The molecule has 3 unspecified atom stereocenters. The Morgan fingerprint density at radius 3 is 3.09 bits per heavy atom. The second-order valence-corrected chi connectivity index (χ2v) is 6.81. The van der Waals surface area contributed by atoms with Crippen molar-refractivity contribution in [3.05, 3.63) is 23.8 Å². The Morgan fingerprint density at radius 1 is 1.30 bits per heavy atom. The van der Waals surface area contributed by atoms with E-state index in [-0.39, 0.29) is 12.1 Å². The quantitative estimate of drug-likeness (QED) is 0.923. The summed E-state index contributed by atoms with van der Waals surface area (Å²) in [7, 11) is 1.68. The van der Waals surface area contributed by atoms with Crippen molar-refractivity contribution in [1.82, 2.24) is 10.2 Å². The highest BCUT2D eigenvalue weighted by molar-refractivity contribution is 5.80.